The minimum absolute atomic E-state index is 0.142. The molecule has 0 unspecified atom stereocenters. The number of carbonyl (C=O) groups is 2. The number of esters is 1. The molecule has 0 saturated heterocycles. The van der Waals surface area contributed by atoms with Crippen LogP contribution >= 0.6 is 27.3 Å². The maximum atomic E-state index is 12.1. The molecular formula is C22H18BrN3O3S. The summed E-state index contributed by atoms with van der Waals surface area (Å²) in [6, 6.07) is 17.3. The number of hydrogen-bond donors (Lipinski definition) is 1. The molecular weight excluding hydrogens is 466 g/mol. The van der Waals surface area contributed by atoms with Gasteiger partial charge in [0.2, 0.25) is 0 Å². The van der Waals surface area contributed by atoms with Crippen LogP contribution < -0.4 is 5.32 Å². The van der Waals surface area contributed by atoms with E-state index in [2.05, 4.69) is 26.2 Å². The Morgan fingerprint density at radius 2 is 1.87 bits per heavy atom. The predicted octanol–water partition coefficient (Wildman–Crippen LogP) is 4.23. The van der Waals surface area contributed by atoms with Gasteiger partial charge in [-0.2, -0.15) is 0 Å². The van der Waals surface area contributed by atoms with Gasteiger partial charge in [0.25, 0.3) is 5.91 Å². The molecule has 0 radical (unpaired) electrons. The quantitative estimate of drug-likeness (QED) is 0.399. The zero-order valence-corrected chi connectivity index (χ0v) is 18.3. The molecule has 0 aliphatic carbocycles. The molecule has 0 spiro atoms. The standard InChI is InChI=1S/C22H18BrN3O3S/c23-17-8-6-16(7-9-17)19-14-30-22-25-12-18(26(19)22)11-24-20(27)13-29-21(28)10-15-4-2-1-3-5-15/h1-9,12,14H,10-11,13H2,(H,24,27). The number of fused-ring (bicyclic) bond motifs is 1. The Morgan fingerprint density at radius 3 is 2.63 bits per heavy atom. The summed E-state index contributed by atoms with van der Waals surface area (Å²) in [6.07, 6.45) is 1.89. The molecule has 2 aromatic heterocycles. The number of nitrogens with zero attached hydrogens (tertiary/aromatic N) is 2. The number of ether oxygens (including phenoxy) is 1. The summed E-state index contributed by atoms with van der Waals surface area (Å²) in [7, 11) is 0. The monoisotopic (exact) mass is 483 g/mol. The second-order valence-corrected chi connectivity index (χ2v) is 8.35. The SMILES string of the molecule is O=C(COC(=O)Cc1ccccc1)NCc1cnc2scc(-c3ccc(Br)cc3)n12. The Labute approximate surface area is 185 Å². The number of thiazole rings is 1. The van der Waals surface area contributed by atoms with E-state index in [0.717, 1.165) is 31.9 Å². The molecule has 4 rings (SSSR count). The van der Waals surface area contributed by atoms with Crippen LogP contribution in [-0.4, -0.2) is 27.9 Å². The van der Waals surface area contributed by atoms with Gasteiger partial charge in [0.15, 0.2) is 11.6 Å². The summed E-state index contributed by atoms with van der Waals surface area (Å²) in [6.45, 7) is -0.0205. The van der Waals surface area contributed by atoms with Gasteiger partial charge in [-0.3, -0.25) is 14.0 Å². The molecule has 2 heterocycles. The average Bonchev–Trinajstić information content (AvgIpc) is 3.35. The topological polar surface area (TPSA) is 72.7 Å². The molecule has 0 aliphatic heterocycles. The lowest BCUT2D eigenvalue weighted by atomic mass is 10.2. The van der Waals surface area contributed by atoms with Crippen LogP contribution in [0, 0.1) is 0 Å². The van der Waals surface area contributed by atoms with Crippen molar-refractivity contribution in [1.82, 2.24) is 14.7 Å². The van der Waals surface area contributed by atoms with E-state index < -0.39 is 5.97 Å². The van der Waals surface area contributed by atoms with Crippen LogP contribution in [0.2, 0.25) is 0 Å². The van der Waals surface area contributed by atoms with Crippen molar-refractivity contribution in [3.05, 3.63) is 81.9 Å². The summed E-state index contributed by atoms with van der Waals surface area (Å²) < 4.78 is 8.11. The third-order valence-electron chi connectivity index (χ3n) is 4.48. The van der Waals surface area contributed by atoms with E-state index in [4.69, 9.17) is 4.74 Å². The summed E-state index contributed by atoms with van der Waals surface area (Å²) in [4.78, 5) is 29.3. The third-order valence-corrected chi connectivity index (χ3v) is 5.85. The van der Waals surface area contributed by atoms with Crippen LogP contribution in [0.4, 0.5) is 0 Å². The Bertz CT molecular complexity index is 1170. The first-order valence-corrected chi connectivity index (χ1v) is 10.9. The molecule has 0 fully saturated rings. The largest absolute Gasteiger partial charge is 0.455 e. The normalized spacial score (nSPS) is 10.8. The number of amides is 1. The van der Waals surface area contributed by atoms with Gasteiger partial charge < -0.3 is 10.1 Å². The highest BCUT2D eigenvalue weighted by Crippen LogP contribution is 2.28. The van der Waals surface area contributed by atoms with Gasteiger partial charge in [-0.05, 0) is 23.3 Å². The van der Waals surface area contributed by atoms with E-state index in [9.17, 15) is 9.59 Å². The number of imidazole rings is 1. The van der Waals surface area contributed by atoms with Gasteiger partial charge in [-0.25, -0.2) is 4.98 Å². The van der Waals surface area contributed by atoms with Crippen LogP contribution in [0.1, 0.15) is 11.3 Å². The average molecular weight is 484 g/mol. The lowest BCUT2D eigenvalue weighted by Crippen LogP contribution is -2.29. The van der Waals surface area contributed by atoms with Gasteiger partial charge in [0.1, 0.15) is 0 Å². The summed E-state index contributed by atoms with van der Waals surface area (Å²) in [5.41, 5.74) is 3.78. The summed E-state index contributed by atoms with van der Waals surface area (Å²) in [5.74, 6) is -0.787. The maximum Gasteiger partial charge on any atom is 0.310 e. The van der Waals surface area contributed by atoms with Crippen LogP contribution in [0.3, 0.4) is 0 Å². The molecule has 0 atom stereocenters. The van der Waals surface area contributed by atoms with Crippen molar-refractivity contribution in [2.75, 3.05) is 6.61 Å². The van der Waals surface area contributed by atoms with Gasteiger partial charge in [-0.1, -0.05) is 58.4 Å². The fourth-order valence-corrected chi connectivity index (χ4v) is 4.17. The summed E-state index contributed by atoms with van der Waals surface area (Å²) >= 11 is 4.99. The van der Waals surface area contributed by atoms with Crippen LogP contribution in [0.15, 0.2) is 70.6 Å². The van der Waals surface area contributed by atoms with Crippen molar-refractivity contribution in [1.29, 1.82) is 0 Å². The van der Waals surface area contributed by atoms with Gasteiger partial charge in [-0.15, -0.1) is 11.3 Å². The van der Waals surface area contributed by atoms with Crippen molar-refractivity contribution in [3.63, 3.8) is 0 Å². The van der Waals surface area contributed by atoms with Crippen molar-refractivity contribution < 1.29 is 14.3 Å². The fraction of sp³-hybridized carbons (Fsp3) is 0.136. The van der Waals surface area contributed by atoms with Crippen LogP contribution in [0.25, 0.3) is 16.2 Å². The lowest BCUT2D eigenvalue weighted by molar-refractivity contribution is -0.147. The minimum Gasteiger partial charge on any atom is -0.455 e. The first-order chi connectivity index (χ1) is 14.6. The van der Waals surface area contributed by atoms with Crippen molar-refractivity contribution in [2.45, 2.75) is 13.0 Å². The molecule has 2 aromatic carbocycles. The lowest BCUT2D eigenvalue weighted by Gasteiger charge is -2.08. The van der Waals surface area contributed by atoms with Gasteiger partial charge in [0.05, 0.1) is 30.6 Å². The number of aromatic nitrogens is 2. The first-order valence-electron chi connectivity index (χ1n) is 9.26. The second-order valence-electron chi connectivity index (χ2n) is 6.60. The van der Waals surface area contributed by atoms with E-state index in [1.165, 1.54) is 0 Å². The first kappa shape index (κ1) is 20.3. The fourth-order valence-electron chi connectivity index (χ4n) is 3.01. The third kappa shape index (κ3) is 4.77. The predicted molar refractivity (Wildman–Crippen MR) is 119 cm³/mol. The molecule has 8 heteroatoms. The molecule has 1 amide bonds. The molecule has 30 heavy (non-hydrogen) atoms. The minimum atomic E-state index is -0.432. The Kier molecular flexibility index (Phi) is 6.25. The molecule has 0 aliphatic rings. The molecule has 0 saturated carbocycles. The van der Waals surface area contributed by atoms with E-state index in [0.29, 0.717) is 0 Å². The van der Waals surface area contributed by atoms with E-state index >= 15 is 0 Å². The number of benzene rings is 2. The molecule has 4 aromatic rings. The highest BCUT2D eigenvalue weighted by Gasteiger charge is 2.13. The van der Waals surface area contributed by atoms with Crippen LogP contribution in [-0.2, 0) is 27.3 Å². The van der Waals surface area contributed by atoms with Gasteiger partial charge in [0, 0.05) is 9.85 Å². The smallest absolute Gasteiger partial charge is 0.310 e. The molecule has 6 nitrogen and oxygen atoms in total. The van der Waals surface area contributed by atoms with E-state index in [1.807, 2.05) is 64.4 Å². The Hall–Kier alpha value is -2.97. The second kappa shape index (κ2) is 9.23. The van der Waals surface area contributed by atoms with Crippen molar-refractivity contribution >= 4 is 44.1 Å². The number of hydrogen-bond acceptors (Lipinski definition) is 5. The number of rotatable bonds is 7. The zero-order valence-electron chi connectivity index (χ0n) is 15.9. The van der Waals surface area contributed by atoms with Crippen molar-refractivity contribution in [2.24, 2.45) is 0 Å². The summed E-state index contributed by atoms with van der Waals surface area (Å²) in [5, 5.41) is 4.84. The number of carbonyl (C=O) groups excluding carboxylic acids is 2. The highest BCUT2D eigenvalue weighted by atomic mass is 79.9. The number of nitrogens with one attached hydrogen (secondary N) is 1. The van der Waals surface area contributed by atoms with Crippen LogP contribution in [0.5, 0.6) is 0 Å². The van der Waals surface area contributed by atoms with E-state index in [1.54, 1.807) is 17.5 Å². The van der Waals surface area contributed by atoms with Gasteiger partial charge >= 0.3 is 5.97 Å². The molecule has 0 bridgehead atoms. The highest BCUT2D eigenvalue weighted by molar-refractivity contribution is 9.10. The van der Waals surface area contributed by atoms with Crippen molar-refractivity contribution in [3.8, 4) is 11.3 Å². The molecule has 152 valence electrons. The molecule has 1 N–H and O–H groups in total. The van der Waals surface area contributed by atoms with E-state index in [-0.39, 0.29) is 25.5 Å². The number of halogens is 1. The maximum absolute atomic E-state index is 12.1. The Balaban J connectivity index is 1.35. The Morgan fingerprint density at radius 1 is 1.10 bits per heavy atom. The zero-order chi connectivity index (χ0) is 20.9.